The average Bonchev–Trinajstić information content (AvgIpc) is 3.03. The Morgan fingerprint density at radius 2 is 2.40 bits per heavy atom. The molecule has 0 aliphatic heterocycles. The van der Waals surface area contributed by atoms with Crippen molar-refractivity contribution >= 4 is 5.91 Å². The van der Waals surface area contributed by atoms with Crippen molar-refractivity contribution in [1.29, 1.82) is 0 Å². The summed E-state index contributed by atoms with van der Waals surface area (Å²) in [6.45, 7) is 2.62. The normalized spacial score (nSPS) is 14.4. The van der Waals surface area contributed by atoms with E-state index < -0.39 is 0 Å². The molecule has 2 heterocycles. The van der Waals surface area contributed by atoms with Gasteiger partial charge in [0.25, 0.3) is 5.91 Å². The van der Waals surface area contributed by atoms with E-state index in [1.54, 1.807) is 6.07 Å². The van der Waals surface area contributed by atoms with Gasteiger partial charge in [-0.1, -0.05) is 5.16 Å². The minimum absolute atomic E-state index is 0.162. The zero-order valence-electron chi connectivity index (χ0n) is 11.5. The van der Waals surface area contributed by atoms with Gasteiger partial charge < -0.3 is 9.84 Å². The van der Waals surface area contributed by atoms with E-state index in [4.69, 9.17) is 4.52 Å². The first kappa shape index (κ1) is 12.9. The molecule has 106 valence electrons. The molecule has 20 heavy (non-hydrogen) atoms. The largest absolute Gasteiger partial charge is 0.360 e. The van der Waals surface area contributed by atoms with Crippen LogP contribution < -0.4 is 5.32 Å². The van der Waals surface area contributed by atoms with Crippen LogP contribution in [0.2, 0.25) is 0 Å². The summed E-state index contributed by atoms with van der Waals surface area (Å²) < 4.78 is 5.17. The van der Waals surface area contributed by atoms with Crippen LogP contribution in [-0.2, 0) is 6.42 Å². The first-order chi connectivity index (χ1) is 9.74. The number of rotatable bonds is 6. The lowest BCUT2D eigenvalue weighted by atomic mass is 10.1. The van der Waals surface area contributed by atoms with Gasteiger partial charge in [-0.05, 0) is 38.2 Å². The Morgan fingerprint density at radius 1 is 1.55 bits per heavy atom. The van der Waals surface area contributed by atoms with Crippen molar-refractivity contribution in [3.63, 3.8) is 0 Å². The van der Waals surface area contributed by atoms with Crippen molar-refractivity contribution in [1.82, 2.24) is 20.7 Å². The molecule has 1 amide bonds. The number of carbonyl (C=O) groups is 1. The number of aromatic nitrogens is 3. The Hall–Kier alpha value is -2.11. The Kier molecular flexibility index (Phi) is 3.54. The average molecular weight is 274 g/mol. The molecule has 2 aromatic rings. The number of aryl methyl sites for hydroxylation is 2. The maximum Gasteiger partial charge on any atom is 0.273 e. The van der Waals surface area contributed by atoms with E-state index in [0.717, 1.165) is 37.1 Å². The second-order valence-electron chi connectivity index (χ2n) is 5.27. The summed E-state index contributed by atoms with van der Waals surface area (Å²) in [5, 5.41) is 13.6. The molecular weight excluding hydrogens is 256 g/mol. The van der Waals surface area contributed by atoms with E-state index >= 15 is 0 Å². The van der Waals surface area contributed by atoms with Gasteiger partial charge in [-0.2, -0.15) is 5.10 Å². The van der Waals surface area contributed by atoms with Gasteiger partial charge in [0.15, 0.2) is 5.69 Å². The summed E-state index contributed by atoms with van der Waals surface area (Å²) in [4.78, 5) is 11.9. The summed E-state index contributed by atoms with van der Waals surface area (Å²) in [6, 6.07) is 1.76. The van der Waals surface area contributed by atoms with Gasteiger partial charge in [0.1, 0.15) is 5.76 Å². The van der Waals surface area contributed by atoms with Crippen LogP contribution in [0.15, 0.2) is 16.8 Å². The van der Waals surface area contributed by atoms with Crippen molar-refractivity contribution in [3.8, 4) is 0 Å². The van der Waals surface area contributed by atoms with Crippen molar-refractivity contribution in [2.45, 2.75) is 38.5 Å². The van der Waals surface area contributed by atoms with Crippen LogP contribution in [0, 0.1) is 6.92 Å². The van der Waals surface area contributed by atoms with E-state index in [0.29, 0.717) is 18.2 Å². The fourth-order valence-corrected chi connectivity index (χ4v) is 2.16. The molecule has 2 N–H and O–H groups in total. The number of aromatic amines is 1. The zero-order chi connectivity index (χ0) is 13.9. The topological polar surface area (TPSA) is 83.8 Å². The van der Waals surface area contributed by atoms with Gasteiger partial charge in [0.2, 0.25) is 0 Å². The van der Waals surface area contributed by atoms with Crippen LogP contribution in [0.5, 0.6) is 0 Å². The van der Waals surface area contributed by atoms with Crippen LogP contribution in [-0.4, -0.2) is 27.8 Å². The highest BCUT2D eigenvalue weighted by atomic mass is 16.5. The van der Waals surface area contributed by atoms with Crippen LogP contribution in [0.25, 0.3) is 0 Å². The molecule has 0 saturated heterocycles. The lowest BCUT2D eigenvalue weighted by Gasteiger charge is -2.02. The van der Waals surface area contributed by atoms with Gasteiger partial charge in [0, 0.05) is 24.2 Å². The number of amides is 1. The molecule has 1 aliphatic carbocycles. The molecule has 1 fully saturated rings. The Labute approximate surface area is 116 Å². The summed E-state index contributed by atoms with van der Waals surface area (Å²) in [7, 11) is 0. The molecule has 0 aromatic carbocycles. The van der Waals surface area contributed by atoms with Gasteiger partial charge in [-0.25, -0.2) is 0 Å². The minimum atomic E-state index is -0.162. The molecule has 0 bridgehead atoms. The molecule has 0 unspecified atom stereocenters. The van der Waals surface area contributed by atoms with E-state index in [-0.39, 0.29) is 5.91 Å². The fraction of sp³-hybridized carbons (Fsp3) is 0.500. The third-order valence-electron chi connectivity index (χ3n) is 3.58. The molecule has 6 nitrogen and oxygen atoms in total. The lowest BCUT2D eigenvalue weighted by molar-refractivity contribution is 0.0944. The van der Waals surface area contributed by atoms with Gasteiger partial charge in [-0.3, -0.25) is 9.89 Å². The smallest absolute Gasteiger partial charge is 0.273 e. The van der Waals surface area contributed by atoms with Gasteiger partial charge >= 0.3 is 0 Å². The number of hydrogen-bond donors (Lipinski definition) is 2. The standard InChI is InChI=1S/C14H18N4O2/c1-9-11(8-16-17-9)3-2-6-15-14(19)12-7-13(20-18-12)10-4-5-10/h7-8,10H,2-6H2,1H3,(H,15,19)(H,16,17). The number of H-pyrrole nitrogens is 1. The predicted molar refractivity (Wildman–Crippen MR) is 72.5 cm³/mol. The number of nitrogens with zero attached hydrogens (tertiary/aromatic N) is 2. The molecule has 0 atom stereocenters. The summed E-state index contributed by atoms with van der Waals surface area (Å²) in [5.74, 6) is 1.15. The lowest BCUT2D eigenvalue weighted by Crippen LogP contribution is -2.25. The van der Waals surface area contributed by atoms with E-state index in [1.807, 2.05) is 13.1 Å². The third-order valence-corrected chi connectivity index (χ3v) is 3.58. The monoisotopic (exact) mass is 274 g/mol. The Balaban J connectivity index is 1.43. The van der Waals surface area contributed by atoms with Gasteiger partial charge in [0.05, 0.1) is 6.20 Å². The van der Waals surface area contributed by atoms with Gasteiger partial charge in [-0.15, -0.1) is 0 Å². The van der Waals surface area contributed by atoms with Crippen LogP contribution in [0.4, 0.5) is 0 Å². The number of nitrogens with one attached hydrogen (secondary N) is 2. The fourth-order valence-electron chi connectivity index (χ4n) is 2.16. The van der Waals surface area contributed by atoms with E-state index in [2.05, 4.69) is 20.7 Å². The Bertz CT molecular complexity index is 598. The highest BCUT2D eigenvalue weighted by Crippen LogP contribution is 2.40. The number of carbonyl (C=O) groups excluding carboxylic acids is 1. The van der Waals surface area contributed by atoms with E-state index in [9.17, 15) is 4.79 Å². The molecule has 1 aliphatic rings. The molecule has 1 saturated carbocycles. The van der Waals surface area contributed by atoms with Crippen molar-refractivity contribution < 1.29 is 9.32 Å². The molecule has 0 spiro atoms. The molecule has 2 aromatic heterocycles. The van der Waals surface area contributed by atoms with Crippen LogP contribution >= 0.6 is 0 Å². The van der Waals surface area contributed by atoms with Crippen molar-refractivity contribution in [2.75, 3.05) is 6.54 Å². The molecule has 6 heteroatoms. The molecule has 3 rings (SSSR count). The third kappa shape index (κ3) is 2.89. The zero-order valence-corrected chi connectivity index (χ0v) is 11.5. The molecular formula is C14H18N4O2. The van der Waals surface area contributed by atoms with Crippen molar-refractivity contribution in [3.05, 3.63) is 35.0 Å². The predicted octanol–water partition coefficient (Wildman–Crippen LogP) is 1.95. The molecule has 0 radical (unpaired) electrons. The first-order valence-electron chi connectivity index (χ1n) is 6.97. The van der Waals surface area contributed by atoms with E-state index in [1.165, 1.54) is 5.56 Å². The highest BCUT2D eigenvalue weighted by Gasteiger charge is 2.28. The maximum atomic E-state index is 11.9. The second kappa shape index (κ2) is 5.48. The SMILES string of the molecule is Cc1[nH]ncc1CCCNC(=O)c1cc(C2CC2)on1. The minimum Gasteiger partial charge on any atom is -0.360 e. The van der Waals surface area contributed by atoms with Crippen LogP contribution in [0.1, 0.15) is 52.7 Å². The highest BCUT2D eigenvalue weighted by molar-refractivity contribution is 5.92. The quantitative estimate of drug-likeness (QED) is 0.788. The summed E-state index contributed by atoms with van der Waals surface area (Å²) in [6.07, 6.45) is 5.88. The maximum absolute atomic E-state index is 11.9. The van der Waals surface area contributed by atoms with Crippen molar-refractivity contribution in [2.24, 2.45) is 0 Å². The summed E-state index contributed by atoms with van der Waals surface area (Å²) >= 11 is 0. The first-order valence-corrected chi connectivity index (χ1v) is 6.97. The Morgan fingerprint density at radius 3 is 3.10 bits per heavy atom. The number of hydrogen-bond acceptors (Lipinski definition) is 4. The summed E-state index contributed by atoms with van der Waals surface area (Å²) in [5.41, 5.74) is 2.66. The van der Waals surface area contributed by atoms with Crippen LogP contribution in [0.3, 0.4) is 0 Å². The second-order valence-corrected chi connectivity index (χ2v) is 5.27.